The second-order valence-corrected chi connectivity index (χ2v) is 9.79. The van der Waals surface area contributed by atoms with Gasteiger partial charge in [0.25, 0.3) is 0 Å². The summed E-state index contributed by atoms with van der Waals surface area (Å²) in [6.45, 7) is 2.15. The van der Waals surface area contributed by atoms with Crippen LogP contribution in [0.1, 0.15) is 62.5 Å². The molecule has 4 rings (SSSR count). The van der Waals surface area contributed by atoms with Crippen molar-refractivity contribution in [2.24, 2.45) is 22.4 Å². The summed E-state index contributed by atoms with van der Waals surface area (Å²) >= 11 is 0. The fraction of sp³-hybridized carbons (Fsp3) is 0.700. The predicted octanol–water partition coefficient (Wildman–Crippen LogP) is 3.86. The molecule has 0 amide bonds. The lowest BCUT2D eigenvalue weighted by molar-refractivity contribution is -0.0627. The van der Waals surface area contributed by atoms with E-state index >= 15 is 0 Å². The fourth-order valence-corrected chi connectivity index (χ4v) is 6.44. The van der Waals surface area contributed by atoms with Gasteiger partial charge in [-0.2, -0.15) is 13.6 Å². The summed E-state index contributed by atoms with van der Waals surface area (Å²) < 4.78 is 47.8. The van der Waals surface area contributed by atoms with Crippen LogP contribution in [0, 0.1) is 17.3 Å². The first-order chi connectivity index (χ1) is 12.7. The summed E-state index contributed by atoms with van der Waals surface area (Å²) in [5.74, 6) is 1.78. The Morgan fingerprint density at radius 3 is 2.67 bits per heavy atom. The third-order valence-electron chi connectivity index (χ3n) is 7.34. The van der Waals surface area contributed by atoms with Crippen LogP contribution in [-0.2, 0) is 16.7 Å². The van der Waals surface area contributed by atoms with Gasteiger partial charge in [-0.3, -0.25) is 0 Å². The van der Waals surface area contributed by atoms with Crippen molar-refractivity contribution in [3.63, 3.8) is 0 Å². The number of nitrogens with two attached hydrogens (primary N) is 1. The molecule has 27 heavy (non-hydrogen) atoms. The highest BCUT2D eigenvalue weighted by molar-refractivity contribution is 7.84. The van der Waals surface area contributed by atoms with Crippen LogP contribution in [0.25, 0.3) is 0 Å². The van der Waals surface area contributed by atoms with E-state index < -0.39 is 16.5 Å². The summed E-state index contributed by atoms with van der Waals surface area (Å²) in [6.07, 6.45) is 5.79. The first-order valence-electron chi connectivity index (χ1n) is 9.80. The summed E-state index contributed by atoms with van der Waals surface area (Å²) in [4.78, 5) is 0. The van der Waals surface area contributed by atoms with Crippen LogP contribution >= 0.6 is 0 Å². The van der Waals surface area contributed by atoms with Crippen LogP contribution in [0.3, 0.4) is 0 Å². The number of hydrogen-bond acceptors (Lipinski definition) is 4. The lowest BCUT2D eigenvalue weighted by Crippen LogP contribution is -2.49. The standard InChI is InChI=1S/C20H28FNO4S/c1-20-9-8-13-14(16(20)4-3-5-19(20)21)7-6-12-10-18(26-27(22,23)24)17(25-2)11-15(12)13/h10-11,13-14,16,19H,3-9H2,1-2H3,(H2,22,23,24)/t13?,14?,16?,19-,20-/m0/s1. The van der Waals surface area contributed by atoms with E-state index in [9.17, 15) is 12.8 Å². The largest absolute Gasteiger partial charge is 0.493 e. The van der Waals surface area contributed by atoms with Gasteiger partial charge < -0.3 is 8.92 Å². The molecule has 0 aromatic heterocycles. The molecular weight excluding hydrogens is 369 g/mol. The SMILES string of the molecule is COc1cc2c(cc1OS(N)(=O)=O)CCC1C2CC[C@@]2(C)C1CCC[C@@H]2F. The van der Waals surface area contributed by atoms with Crippen molar-refractivity contribution in [1.29, 1.82) is 0 Å². The van der Waals surface area contributed by atoms with Crippen molar-refractivity contribution in [2.45, 2.75) is 64.0 Å². The van der Waals surface area contributed by atoms with Crippen molar-refractivity contribution in [2.75, 3.05) is 7.11 Å². The molecule has 0 bridgehead atoms. The van der Waals surface area contributed by atoms with Crippen LogP contribution in [0.5, 0.6) is 11.5 Å². The second-order valence-electron chi connectivity index (χ2n) is 8.64. The van der Waals surface area contributed by atoms with Gasteiger partial charge in [0, 0.05) is 5.41 Å². The molecule has 0 radical (unpaired) electrons. The van der Waals surface area contributed by atoms with Gasteiger partial charge in [0.15, 0.2) is 11.5 Å². The maximum atomic E-state index is 14.8. The van der Waals surface area contributed by atoms with E-state index in [1.807, 2.05) is 6.07 Å². The minimum atomic E-state index is -4.11. The van der Waals surface area contributed by atoms with Crippen molar-refractivity contribution >= 4 is 10.3 Å². The van der Waals surface area contributed by atoms with Crippen molar-refractivity contribution in [3.05, 3.63) is 23.3 Å². The van der Waals surface area contributed by atoms with Gasteiger partial charge in [0.05, 0.1) is 7.11 Å². The molecule has 0 saturated heterocycles. The van der Waals surface area contributed by atoms with Gasteiger partial charge >= 0.3 is 10.3 Å². The predicted molar refractivity (Wildman–Crippen MR) is 101 cm³/mol. The van der Waals surface area contributed by atoms with E-state index in [1.165, 1.54) is 12.7 Å². The van der Waals surface area contributed by atoms with Crippen molar-refractivity contribution < 1.29 is 21.7 Å². The first-order valence-corrected chi connectivity index (χ1v) is 11.3. The van der Waals surface area contributed by atoms with E-state index in [0.717, 1.165) is 44.1 Å². The van der Waals surface area contributed by atoms with Gasteiger partial charge in [-0.25, -0.2) is 4.39 Å². The monoisotopic (exact) mass is 397 g/mol. The van der Waals surface area contributed by atoms with E-state index in [-0.39, 0.29) is 11.2 Å². The molecule has 2 saturated carbocycles. The number of halogens is 1. The molecule has 3 unspecified atom stereocenters. The Kier molecular flexibility index (Phi) is 4.66. The molecule has 0 spiro atoms. The quantitative estimate of drug-likeness (QED) is 0.840. The normalized spacial score (nSPS) is 35.6. The number of methoxy groups -OCH3 is 1. The van der Waals surface area contributed by atoms with E-state index in [1.54, 1.807) is 6.07 Å². The summed E-state index contributed by atoms with van der Waals surface area (Å²) in [5, 5.41) is 5.03. The fourth-order valence-electron chi connectivity index (χ4n) is 6.05. The number of aryl methyl sites for hydroxylation is 1. The summed E-state index contributed by atoms with van der Waals surface area (Å²) in [7, 11) is -2.62. The molecule has 1 aromatic carbocycles. The van der Waals surface area contributed by atoms with E-state index in [0.29, 0.717) is 29.9 Å². The molecule has 5 nitrogen and oxygen atoms in total. The lowest BCUT2D eigenvalue weighted by Gasteiger charge is -2.55. The molecule has 2 N–H and O–H groups in total. The first kappa shape index (κ1) is 19.0. The third kappa shape index (κ3) is 3.23. The third-order valence-corrected chi connectivity index (χ3v) is 7.75. The maximum absolute atomic E-state index is 14.8. The number of ether oxygens (including phenoxy) is 1. The molecule has 2 fully saturated rings. The topological polar surface area (TPSA) is 78.6 Å². The van der Waals surface area contributed by atoms with Gasteiger partial charge in [-0.1, -0.05) is 13.3 Å². The molecule has 150 valence electrons. The van der Waals surface area contributed by atoms with Crippen LogP contribution < -0.4 is 14.1 Å². The Morgan fingerprint density at radius 1 is 1.19 bits per heavy atom. The van der Waals surface area contributed by atoms with Crippen molar-refractivity contribution in [1.82, 2.24) is 0 Å². The Hall–Kier alpha value is -1.34. The maximum Gasteiger partial charge on any atom is 0.380 e. The molecular formula is C20H28FNO4S. The van der Waals surface area contributed by atoms with E-state index in [2.05, 4.69) is 6.92 Å². The highest BCUT2D eigenvalue weighted by atomic mass is 32.2. The van der Waals surface area contributed by atoms with Gasteiger partial charge in [-0.05, 0) is 79.5 Å². The average molecular weight is 398 g/mol. The Morgan fingerprint density at radius 2 is 1.96 bits per heavy atom. The Bertz CT molecular complexity index is 843. The zero-order chi connectivity index (χ0) is 19.4. The number of rotatable bonds is 3. The zero-order valence-corrected chi connectivity index (χ0v) is 16.7. The van der Waals surface area contributed by atoms with Crippen LogP contribution in [-0.4, -0.2) is 21.7 Å². The minimum Gasteiger partial charge on any atom is -0.493 e. The van der Waals surface area contributed by atoms with Crippen LogP contribution in [0.4, 0.5) is 4.39 Å². The molecule has 5 atom stereocenters. The van der Waals surface area contributed by atoms with Crippen LogP contribution in [0.2, 0.25) is 0 Å². The Labute approximate surface area is 160 Å². The summed E-state index contributed by atoms with van der Waals surface area (Å²) in [6, 6.07) is 3.66. The smallest absolute Gasteiger partial charge is 0.380 e. The number of hydrogen-bond donors (Lipinski definition) is 1. The molecule has 3 aliphatic carbocycles. The molecule has 0 heterocycles. The van der Waals surface area contributed by atoms with Gasteiger partial charge in [0.2, 0.25) is 0 Å². The highest BCUT2D eigenvalue weighted by Crippen LogP contribution is 2.60. The number of fused-ring (bicyclic) bond motifs is 5. The minimum absolute atomic E-state index is 0.138. The second kappa shape index (κ2) is 6.62. The highest BCUT2D eigenvalue weighted by Gasteiger charge is 2.53. The lowest BCUT2D eigenvalue weighted by atomic mass is 9.50. The average Bonchev–Trinajstić information content (AvgIpc) is 2.60. The summed E-state index contributed by atoms with van der Waals surface area (Å²) in [5.41, 5.74) is 2.09. The van der Waals surface area contributed by atoms with Crippen molar-refractivity contribution in [3.8, 4) is 11.5 Å². The molecule has 1 aromatic rings. The van der Waals surface area contributed by atoms with Crippen LogP contribution in [0.15, 0.2) is 12.1 Å². The number of alkyl halides is 1. The Balaban J connectivity index is 1.70. The zero-order valence-electron chi connectivity index (χ0n) is 15.9. The van der Waals surface area contributed by atoms with E-state index in [4.69, 9.17) is 14.1 Å². The molecule has 7 heteroatoms. The molecule has 3 aliphatic rings. The van der Waals surface area contributed by atoms with Gasteiger partial charge in [0.1, 0.15) is 6.17 Å². The number of benzene rings is 1. The molecule has 0 aliphatic heterocycles. The van der Waals surface area contributed by atoms with Gasteiger partial charge in [-0.15, -0.1) is 0 Å².